The van der Waals surface area contributed by atoms with Gasteiger partial charge in [0.25, 0.3) is 0 Å². The predicted molar refractivity (Wildman–Crippen MR) is 70.0 cm³/mol. The summed E-state index contributed by atoms with van der Waals surface area (Å²) in [7, 11) is -0.515. The highest BCUT2D eigenvalue weighted by atomic mass is 32.2. The lowest BCUT2D eigenvalue weighted by atomic mass is 9.82. The van der Waals surface area contributed by atoms with Gasteiger partial charge in [-0.25, -0.2) is 0 Å². The van der Waals surface area contributed by atoms with E-state index in [1.165, 1.54) is 32.2 Å². The quantitative estimate of drug-likeness (QED) is 0.824. The topological polar surface area (TPSA) is 29.1 Å². The molecule has 2 fully saturated rings. The van der Waals surface area contributed by atoms with Crippen LogP contribution in [0.25, 0.3) is 0 Å². The van der Waals surface area contributed by atoms with Crippen molar-refractivity contribution in [1.29, 1.82) is 0 Å². The fraction of sp³-hybridized carbons (Fsp3) is 1.00. The van der Waals surface area contributed by atoms with Crippen LogP contribution < -0.4 is 5.32 Å². The molecule has 0 amide bonds. The second-order valence-corrected chi connectivity index (χ2v) is 7.36. The molecule has 2 nitrogen and oxygen atoms in total. The Morgan fingerprint density at radius 1 is 1.19 bits per heavy atom. The van der Waals surface area contributed by atoms with Gasteiger partial charge in [-0.15, -0.1) is 0 Å². The Hall–Kier alpha value is 0.110. The molecule has 2 atom stereocenters. The molecule has 16 heavy (non-hydrogen) atoms. The van der Waals surface area contributed by atoms with Crippen molar-refractivity contribution in [3.8, 4) is 0 Å². The Bertz CT molecular complexity index is 234. The molecule has 1 saturated heterocycles. The summed E-state index contributed by atoms with van der Waals surface area (Å²) in [5, 5.41) is 3.70. The lowest BCUT2D eigenvalue weighted by Crippen LogP contribution is -2.39. The summed E-state index contributed by atoms with van der Waals surface area (Å²) in [5.41, 5.74) is 0. The summed E-state index contributed by atoms with van der Waals surface area (Å²) in [6.07, 6.45) is 7.91. The van der Waals surface area contributed by atoms with Crippen molar-refractivity contribution in [2.45, 2.75) is 51.5 Å². The third kappa shape index (κ3) is 3.85. The van der Waals surface area contributed by atoms with Crippen molar-refractivity contribution in [3.63, 3.8) is 0 Å². The van der Waals surface area contributed by atoms with E-state index in [0.717, 1.165) is 36.2 Å². The Morgan fingerprint density at radius 2 is 1.94 bits per heavy atom. The summed E-state index contributed by atoms with van der Waals surface area (Å²) in [6, 6.07) is 0.648. The van der Waals surface area contributed by atoms with Gasteiger partial charge >= 0.3 is 0 Å². The minimum absolute atomic E-state index is 0.515. The molecule has 2 aliphatic rings. The Labute approximate surface area is 102 Å². The molecule has 0 radical (unpaired) electrons. The molecule has 0 aromatic rings. The summed E-state index contributed by atoms with van der Waals surface area (Å²) in [6.45, 7) is 3.58. The number of rotatable bonds is 3. The van der Waals surface area contributed by atoms with Gasteiger partial charge in [0.05, 0.1) is 0 Å². The van der Waals surface area contributed by atoms with Gasteiger partial charge in [-0.05, 0) is 44.1 Å². The van der Waals surface area contributed by atoms with Gasteiger partial charge in [0.15, 0.2) is 0 Å². The zero-order valence-corrected chi connectivity index (χ0v) is 11.2. The van der Waals surface area contributed by atoms with E-state index in [0.29, 0.717) is 6.04 Å². The first-order chi connectivity index (χ1) is 7.74. The Kier molecular flexibility index (Phi) is 4.83. The van der Waals surface area contributed by atoms with Gasteiger partial charge < -0.3 is 5.32 Å². The molecule has 1 aliphatic heterocycles. The van der Waals surface area contributed by atoms with Crippen LogP contribution in [0.3, 0.4) is 0 Å². The van der Waals surface area contributed by atoms with Crippen LogP contribution in [0.4, 0.5) is 0 Å². The van der Waals surface area contributed by atoms with E-state index in [4.69, 9.17) is 0 Å². The molecule has 0 spiro atoms. The van der Waals surface area contributed by atoms with Gasteiger partial charge in [-0.1, -0.05) is 19.8 Å². The van der Waals surface area contributed by atoms with E-state index in [1.54, 1.807) is 0 Å². The summed E-state index contributed by atoms with van der Waals surface area (Å²) in [4.78, 5) is 0. The minimum atomic E-state index is -0.515. The maximum absolute atomic E-state index is 11.2. The van der Waals surface area contributed by atoms with Crippen molar-refractivity contribution in [1.82, 2.24) is 5.32 Å². The summed E-state index contributed by atoms with van der Waals surface area (Å²) < 4.78 is 11.2. The molecule has 3 heteroatoms. The van der Waals surface area contributed by atoms with Gasteiger partial charge in [0, 0.05) is 28.3 Å². The molecule has 1 saturated carbocycles. The lowest BCUT2D eigenvalue weighted by Gasteiger charge is -2.30. The van der Waals surface area contributed by atoms with Crippen LogP contribution in [0.15, 0.2) is 0 Å². The third-order valence-corrected chi connectivity index (χ3v) is 5.51. The van der Waals surface area contributed by atoms with Crippen molar-refractivity contribution in [3.05, 3.63) is 0 Å². The largest absolute Gasteiger partial charge is 0.314 e. The van der Waals surface area contributed by atoms with Crippen LogP contribution in [0.2, 0.25) is 0 Å². The fourth-order valence-corrected chi connectivity index (χ4v) is 4.38. The Balaban J connectivity index is 1.65. The highest BCUT2D eigenvalue weighted by molar-refractivity contribution is 7.85. The van der Waals surface area contributed by atoms with Crippen molar-refractivity contribution in [2.75, 3.05) is 18.1 Å². The first-order valence-electron chi connectivity index (χ1n) is 6.82. The van der Waals surface area contributed by atoms with Crippen LogP contribution >= 0.6 is 0 Å². The number of hydrogen-bond acceptors (Lipinski definition) is 2. The monoisotopic (exact) mass is 243 g/mol. The van der Waals surface area contributed by atoms with Crippen LogP contribution in [0.5, 0.6) is 0 Å². The standard InChI is InChI=1S/C13H25NOS/c1-11-3-2-4-12(9-11)10-14-13-5-7-16(15)8-6-13/h11-14H,2-10H2,1H3. The molecule has 1 heterocycles. The molecule has 2 rings (SSSR count). The van der Waals surface area contributed by atoms with E-state index in [-0.39, 0.29) is 0 Å². The van der Waals surface area contributed by atoms with Crippen molar-refractivity contribution < 1.29 is 4.21 Å². The smallest absolute Gasteiger partial charge is 0.0249 e. The lowest BCUT2D eigenvalue weighted by molar-refractivity contribution is 0.264. The van der Waals surface area contributed by atoms with Gasteiger partial charge in [0.1, 0.15) is 0 Å². The van der Waals surface area contributed by atoms with E-state index >= 15 is 0 Å². The maximum atomic E-state index is 11.2. The highest BCUT2D eigenvalue weighted by Crippen LogP contribution is 2.28. The highest BCUT2D eigenvalue weighted by Gasteiger charge is 2.21. The molecule has 0 aromatic heterocycles. The first kappa shape index (κ1) is 12.6. The Morgan fingerprint density at radius 3 is 2.62 bits per heavy atom. The third-order valence-electron chi connectivity index (χ3n) is 4.13. The fourth-order valence-electron chi connectivity index (χ4n) is 3.08. The molecule has 2 unspecified atom stereocenters. The average Bonchev–Trinajstić information content (AvgIpc) is 2.28. The minimum Gasteiger partial charge on any atom is -0.314 e. The molecule has 94 valence electrons. The molecular formula is C13H25NOS. The van der Waals surface area contributed by atoms with Gasteiger partial charge in [-0.2, -0.15) is 0 Å². The zero-order chi connectivity index (χ0) is 11.4. The van der Waals surface area contributed by atoms with E-state index in [2.05, 4.69) is 12.2 Å². The maximum Gasteiger partial charge on any atom is 0.0249 e. The SMILES string of the molecule is CC1CCCC(CNC2CCS(=O)CC2)C1. The van der Waals surface area contributed by atoms with Gasteiger partial charge in [0.2, 0.25) is 0 Å². The van der Waals surface area contributed by atoms with E-state index < -0.39 is 10.8 Å². The summed E-state index contributed by atoms with van der Waals surface area (Å²) in [5.74, 6) is 3.66. The molecule has 0 bridgehead atoms. The molecule has 1 aliphatic carbocycles. The van der Waals surface area contributed by atoms with Crippen molar-refractivity contribution >= 4 is 10.8 Å². The van der Waals surface area contributed by atoms with Gasteiger partial charge in [-0.3, -0.25) is 4.21 Å². The molecular weight excluding hydrogens is 218 g/mol. The zero-order valence-electron chi connectivity index (χ0n) is 10.4. The van der Waals surface area contributed by atoms with Crippen LogP contribution in [-0.4, -0.2) is 28.3 Å². The number of hydrogen-bond donors (Lipinski definition) is 1. The second kappa shape index (κ2) is 6.15. The predicted octanol–water partition coefficient (Wildman–Crippen LogP) is 2.31. The molecule has 1 N–H and O–H groups in total. The number of nitrogens with one attached hydrogen (secondary N) is 1. The van der Waals surface area contributed by atoms with Crippen molar-refractivity contribution in [2.24, 2.45) is 11.8 Å². The molecule has 0 aromatic carbocycles. The first-order valence-corrected chi connectivity index (χ1v) is 8.31. The summed E-state index contributed by atoms with van der Waals surface area (Å²) >= 11 is 0. The van der Waals surface area contributed by atoms with Crippen LogP contribution in [0.1, 0.15) is 45.4 Å². The second-order valence-electron chi connectivity index (χ2n) is 5.67. The van der Waals surface area contributed by atoms with Crippen LogP contribution in [-0.2, 0) is 10.8 Å². The van der Waals surface area contributed by atoms with E-state index in [1.807, 2.05) is 0 Å². The van der Waals surface area contributed by atoms with Crippen LogP contribution in [0, 0.1) is 11.8 Å². The normalized spacial score (nSPS) is 40.8. The van der Waals surface area contributed by atoms with E-state index in [9.17, 15) is 4.21 Å². The average molecular weight is 243 g/mol.